The predicted molar refractivity (Wildman–Crippen MR) is 77.6 cm³/mol. The van der Waals surface area contributed by atoms with Gasteiger partial charge in [0.2, 0.25) is 0 Å². The molecular weight excluding hydrogens is 294 g/mol. The van der Waals surface area contributed by atoms with Crippen molar-refractivity contribution in [2.24, 2.45) is 0 Å². The number of hydrogen-bond acceptors (Lipinski definition) is 5. The van der Waals surface area contributed by atoms with E-state index in [1.807, 2.05) is 0 Å². The third kappa shape index (κ3) is 3.11. The highest BCUT2D eigenvalue weighted by atomic mass is 32.2. The van der Waals surface area contributed by atoms with Crippen LogP contribution in [-0.4, -0.2) is 24.5 Å². The Kier molecular flexibility index (Phi) is 3.81. The Hall–Kier alpha value is -2.61. The van der Waals surface area contributed by atoms with Crippen LogP contribution in [0.15, 0.2) is 41.4 Å². The molecule has 2 aromatic rings. The van der Waals surface area contributed by atoms with Gasteiger partial charge >= 0.3 is 5.97 Å². The SMILES string of the molecule is Cc1cccnc1NS(=O)(=O)c1ccc(C(=O)O)cc1N. The Morgan fingerprint density at radius 1 is 1.33 bits per heavy atom. The van der Waals surface area contributed by atoms with E-state index in [1.54, 1.807) is 19.1 Å². The Bertz CT molecular complexity index is 803. The van der Waals surface area contributed by atoms with E-state index >= 15 is 0 Å². The maximum atomic E-state index is 12.3. The first-order chi connectivity index (χ1) is 9.81. The molecular formula is C13H13N3O4S. The van der Waals surface area contributed by atoms with Crippen molar-refractivity contribution in [3.8, 4) is 0 Å². The maximum absolute atomic E-state index is 12.3. The average Bonchev–Trinajstić information content (AvgIpc) is 2.40. The Morgan fingerprint density at radius 3 is 2.62 bits per heavy atom. The van der Waals surface area contributed by atoms with Crippen LogP contribution in [-0.2, 0) is 10.0 Å². The van der Waals surface area contributed by atoms with Crippen molar-refractivity contribution in [1.29, 1.82) is 0 Å². The second-order valence-corrected chi connectivity index (χ2v) is 5.98. The van der Waals surface area contributed by atoms with E-state index in [2.05, 4.69) is 9.71 Å². The maximum Gasteiger partial charge on any atom is 0.335 e. The van der Waals surface area contributed by atoms with Gasteiger partial charge in [0.05, 0.1) is 11.3 Å². The molecule has 0 aliphatic carbocycles. The largest absolute Gasteiger partial charge is 0.478 e. The first-order valence-corrected chi connectivity index (χ1v) is 7.37. The molecule has 1 heterocycles. The zero-order chi connectivity index (χ0) is 15.6. The third-order valence-electron chi connectivity index (χ3n) is 2.79. The first kappa shape index (κ1) is 14.8. The molecule has 1 aromatic carbocycles. The minimum absolute atomic E-state index is 0.0829. The van der Waals surface area contributed by atoms with Crippen LogP contribution in [0.3, 0.4) is 0 Å². The number of aromatic carboxylic acids is 1. The first-order valence-electron chi connectivity index (χ1n) is 5.88. The highest BCUT2D eigenvalue weighted by Gasteiger charge is 2.20. The highest BCUT2D eigenvalue weighted by Crippen LogP contribution is 2.23. The number of nitrogens with two attached hydrogens (primary N) is 1. The number of benzene rings is 1. The van der Waals surface area contributed by atoms with E-state index in [-0.39, 0.29) is 22.0 Å². The lowest BCUT2D eigenvalue weighted by Crippen LogP contribution is -2.16. The molecule has 0 spiro atoms. The summed E-state index contributed by atoms with van der Waals surface area (Å²) in [6, 6.07) is 6.82. The van der Waals surface area contributed by atoms with Gasteiger partial charge in [-0.2, -0.15) is 0 Å². The fourth-order valence-electron chi connectivity index (χ4n) is 1.70. The quantitative estimate of drug-likeness (QED) is 0.735. The lowest BCUT2D eigenvalue weighted by molar-refractivity contribution is 0.0697. The molecule has 7 nitrogen and oxygen atoms in total. The van der Waals surface area contributed by atoms with Gasteiger partial charge in [0.1, 0.15) is 10.7 Å². The summed E-state index contributed by atoms with van der Waals surface area (Å²) < 4.78 is 26.9. The summed E-state index contributed by atoms with van der Waals surface area (Å²) in [6.45, 7) is 1.71. The van der Waals surface area contributed by atoms with Crippen LogP contribution in [0, 0.1) is 6.92 Å². The van der Waals surface area contributed by atoms with Crippen molar-refractivity contribution in [1.82, 2.24) is 4.98 Å². The topological polar surface area (TPSA) is 122 Å². The number of sulfonamides is 1. The monoisotopic (exact) mass is 307 g/mol. The summed E-state index contributed by atoms with van der Waals surface area (Å²) in [4.78, 5) is 14.6. The number of hydrogen-bond donors (Lipinski definition) is 3. The number of nitrogens with one attached hydrogen (secondary N) is 1. The predicted octanol–water partition coefficient (Wildman–Crippen LogP) is 1.47. The number of pyridine rings is 1. The van der Waals surface area contributed by atoms with Gasteiger partial charge in [0, 0.05) is 6.20 Å². The molecule has 0 amide bonds. The second kappa shape index (κ2) is 5.41. The van der Waals surface area contributed by atoms with Gasteiger partial charge in [0.25, 0.3) is 10.0 Å². The van der Waals surface area contributed by atoms with Gasteiger partial charge in [-0.05, 0) is 36.8 Å². The van der Waals surface area contributed by atoms with E-state index < -0.39 is 16.0 Å². The number of nitrogen functional groups attached to an aromatic ring is 1. The highest BCUT2D eigenvalue weighted by molar-refractivity contribution is 7.92. The number of nitrogens with zero attached hydrogens (tertiary/aromatic N) is 1. The summed E-state index contributed by atoms with van der Waals surface area (Å²) in [7, 11) is -3.94. The summed E-state index contributed by atoms with van der Waals surface area (Å²) in [5.41, 5.74) is 6.06. The van der Waals surface area contributed by atoms with Crippen molar-refractivity contribution in [2.75, 3.05) is 10.5 Å². The molecule has 0 aliphatic heterocycles. The van der Waals surface area contributed by atoms with Crippen LogP contribution >= 0.6 is 0 Å². The number of carboxylic acids is 1. The molecule has 0 aliphatic rings. The van der Waals surface area contributed by atoms with Crippen LogP contribution in [0.1, 0.15) is 15.9 Å². The minimum atomic E-state index is -3.94. The zero-order valence-corrected chi connectivity index (χ0v) is 11.9. The minimum Gasteiger partial charge on any atom is -0.478 e. The molecule has 0 radical (unpaired) electrons. The normalized spacial score (nSPS) is 11.1. The summed E-state index contributed by atoms with van der Waals surface area (Å²) in [5, 5.41) is 8.84. The molecule has 0 fully saturated rings. The lowest BCUT2D eigenvalue weighted by Gasteiger charge is -2.11. The number of aromatic nitrogens is 1. The van der Waals surface area contributed by atoms with E-state index in [0.29, 0.717) is 5.56 Å². The molecule has 0 saturated heterocycles. The van der Waals surface area contributed by atoms with Crippen molar-refractivity contribution in [2.45, 2.75) is 11.8 Å². The Labute approximate surface area is 121 Å². The number of aryl methyl sites for hydroxylation is 1. The number of rotatable bonds is 4. The molecule has 8 heteroatoms. The molecule has 0 atom stereocenters. The van der Waals surface area contributed by atoms with E-state index in [0.717, 1.165) is 12.1 Å². The summed E-state index contributed by atoms with van der Waals surface area (Å²) >= 11 is 0. The van der Waals surface area contributed by atoms with Crippen LogP contribution in [0.4, 0.5) is 11.5 Å². The van der Waals surface area contributed by atoms with Crippen LogP contribution in [0.2, 0.25) is 0 Å². The molecule has 1 aromatic heterocycles. The molecule has 21 heavy (non-hydrogen) atoms. The molecule has 0 unspecified atom stereocenters. The lowest BCUT2D eigenvalue weighted by atomic mass is 10.2. The number of anilines is 2. The molecule has 0 saturated carbocycles. The molecule has 2 rings (SSSR count). The van der Waals surface area contributed by atoms with Crippen molar-refractivity contribution in [3.05, 3.63) is 47.7 Å². The van der Waals surface area contributed by atoms with E-state index in [4.69, 9.17) is 10.8 Å². The number of carboxylic acid groups (broad SMARTS) is 1. The van der Waals surface area contributed by atoms with E-state index in [9.17, 15) is 13.2 Å². The zero-order valence-electron chi connectivity index (χ0n) is 11.1. The molecule has 4 N–H and O–H groups in total. The van der Waals surface area contributed by atoms with E-state index in [1.165, 1.54) is 12.3 Å². The standard InChI is InChI=1S/C13H13N3O4S/c1-8-3-2-6-15-12(8)16-21(19,20)11-5-4-9(13(17)18)7-10(11)14/h2-7H,14H2,1H3,(H,15,16)(H,17,18). The van der Waals surface area contributed by atoms with Gasteiger partial charge in [-0.15, -0.1) is 0 Å². The molecule has 0 bridgehead atoms. The Morgan fingerprint density at radius 2 is 2.05 bits per heavy atom. The Balaban J connectivity index is 2.41. The number of carbonyl (C=O) groups is 1. The van der Waals surface area contributed by atoms with Gasteiger partial charge in [0.15, 0.2) is 0 Å². The average molecular weight is 307 g/mol. The van der Waals surface area contributed by atoms with Crippen LogP contribution in [0.25, 0.3) is 0 Å². The van der Waals surface area contributed by atoms with Gasteiger partial charge in [-0.3, -0.25) is 4.72 Å². The van der Waals surface area contributed by atoms with Crippen molar-refractivity contribution in [3.63, 3.8) is 0 Å². The fraction of sp³-hybridized carbons (Fsp3) is 0.0769. The summed E-state index contributed by atoms with van der Waals surface area (Å²) in [5.74, 6) is -0.988. The van der Waals surface area contributed by atoms with Gasteiger partial charge in [-0.25, -0.2) is 18.2 Å². The van der Waals surface area contributed by atoms with Gasteiger partial charge < -0.3 is 10.8 Å². The smallest absolute Gasteiger partial charge is 0.335 e. The fourth-order valence-corrected chi connectivity index (χ4v) is 2.90. The van der Waals surface area contributed by atoms with Crippen molar-refractivity contribution >= 4 is 27.5 Å². The third-order valence-corrected chi connectivity index (χ3v) is 4.20. The van der Waals surface area contributed by atoms with Crippen molar-refractivity contribution < 1.29 is 18.3 Å². The van der Waals surface area contributed by atoms with Crippen LogP contribution < -0.4 is 10.5 Å². The van der Waals surface area contributed by atoms with Gasteiger partial charge in [-0.1, -0.05) is 6.07 Å². The van der Waals surface area contributed by atoms with Crippen LogP contribution in [0.5, 0.6) is 0 Å². The summed E-state index contributed by atoms with van der Waals surface area (Å²) in [6.07, 6.45) is 1.46. The second-order valence-electron chi connectivity index (χ2n) is 4.33. The molecule has 110 valence electrons.